The summed E-state index contributed by atoms with van der Waals surface area (Å²) in [5.41, 5.74) is 2.30. The lowest BCUT2D eigenvalue weighted by Crippen LogP contribution is -2.27. The largest absolute Gasteiger partial charge is 0.494 e. The van der Waals surface area contributed by atoms with Crippen LogP contribution in [0.25, 0.3) is 21.7 Å². The molecule has 0 spiro atoms. The van der Waals surface area contributed by atoms with E-state index in [-0.39, 0.29) is 0 Å². The van der Waals surface area contributed by atoms with Gasteiger partial charge in [0, 0.05) is 25.5 Å². The number of anilines is 2. The van der Waals surface area contributed by atoms with E-state index in [4.69, 9.17) is 14.7 Å². The van der Waals surface area contributed by atoms with E-state index in [1.165, 1.54) is 48.4 Å². The summed E-state index contributed by atoms with van der Waals surface area (Å²) in [6.45, 7) is 9.09. The monoisotopic (exact) mass is 510 g/mol. The van der Waals surface area contributed by atoms with Crippen LogP contribution in [0, 0.1) is 5.92 Å². The van der Waals surface area contributed by atoms with Gasteiger partial charge in [0.1, 0.15) is 11.6 Å². The van der Waals surface area contributed by atoms with Crippen LogP contribution in [0.4, 0.5) is 11.8 Å². The maximum absolute atomic E-state index is 5.56. The third-order valence-corrected chi connectivity index (χ3v) is 7.02. The smallest absolute Gasteiger partial charge is 0.225 e. The second-order valence-corrected chi connectivity index (χ2v) is 10.7. The van der Waals surface area contributed by atoms with Crippen LogP contribution in [0.1, 0.15) is 52.4 Å². The van der Waals surface area contributed by atoms with Gasteiger partial charge in [0.05, 0.1) is 12.1 Å². The summed E-state index contributed by atoms with van der Waals surface area (Å²) in [5.74, 6) is 3.49. The van der Waals surface area contributed by atoms with Gasteiger partial charge in [-0.05, 0) is 86.4 Å². The van der Waals surface area contributed by atoms with Crippen molar-refractivity contribution < 1.29 is 4.74 Å². The van der Waals surface area contributed by atoms with Crippen LogP contribution in [0.15, 0.2) is 78.9 Å². The number of para-hydroxylation sites is 1. The second kappa shape index (κ2) is 13.3. The zero-order chi connectivity index (χ0) is 26.9. The molecule has 1 aliphatic carbocycles. The Morgan fingerprint density at radius 1 is 0.947 bits per heavy atom. The van der Waals surface area contributed by atoms with E-state index in [1.807, 2.05) is 38.4 Å². The number of rotatable bonds is 8. The zero-order valence-corrected chi connectivity index (χ0v) is 23.4. The van der Waals surface area contributed by atoms with Gasteiger partial charge in [0.25, 0.3) is 0 Å². The Labute approximate surface area is 227 Å². The number of aromatic nitrogens is 2. The molecule has 1 fully saturated rings. The number of hydrogen-bond acceptors (Lipinski definition) is 5. The van der Waals surface area contributed by atoms with E-state index < -0.39 is 0 Å². The van der Waals surface area contributed by atoms with Crippen LogP contribution in [0.3, 0.4) is 0 Å². The van der Waals surface area contributed by atoms with E-state index in [9.17, 15) is 0 Å². The predicted molar refractivity (Wildman–Crippen MR) is 162 cm³/mol. The highest BCUT2D eigenvalue weighted by atomic mass is 16.5. The van der Waals surface area contributed by atoms with Crippen molar-refractivity contribution in [3.05, 3.63) is 78.9 Å². The summed E-state index contributed by atoms with van der Waals surface area (Å²) in [6, 6.07) is 23.2. The number of ether oxygens (including phenoxy) is 1. The molecule has 0 radical (unpaired) electrons. The van der Waals surface area contributed by atoms with Crippen molar-refractivity contribution >= 4 is 33.4 Å². The summed E-state index contributed by atoms with van der Waals surface area (Å²) in [6.07, 6.45) is 7.12. The number of allylic oxidation sites excluding steroid dienone is 1. The quantitative estimate of drug-likeness (QED) is 0.242. The van der Waals surface area contributed by atoms with Crippen molar-refractivity contribution in [3.8, 4) is 5.75 Å². The van der Waals surface area contributed by atoms with E-state index in [0.717, 1.165) is 47.4 Å². The molecule has 1 heterocycles. The first-order valence-corrected chi connectivity index (χ1v) is 13.9. The topological polar surface area (TPSA) is 50.3 Å². The molecule has 0 bridgehead atoms. The molecule has 4 aromatic rings. The lowest BCUT2D eigenvalue weighted by Gasteiger charge is -2.29. The molecule has 3 aromatic carbocycles. The molecule has 0 amide bonds. The minimum absolute atomic E-state index is 0.475. The summed E-state index contributed by atoms with van der Waals surface area (Å²) in [7, 11) is 4.06. The predicted octanol–water partition coefficient (Wildman–Crippen LogP) is 8.26. The van der Waals surface area contributed by atoms with E-state index in [1.54, 1.807) is 0 Å². The Morgan fingerprint density at radius 3 is 2.37 bits per heavy atom. The first-order chi connectivity index (χ1) is 18.4. The van der Waals surface area contributed by atoms with Gasteiger partial charge in [-0.1, -0.05) is 55.0 Å². The summed E-state index contributed by atoms with van der Waals surface area (Å²) in [5, 5.41) is 7.16. The van der Waals surface area contributed by atoms with Gasteiger partial charge in [-0.15, -0.1) is 6.58 Å². The molecular formula is C33H42N4O. The van der Waals surface area contributed by atoms with E-state index in [2.05, 4.69) is 73.1 Å². The van der Waals surface area contributed by atoms with Gasteiger partial charge in [-0.2, -0.15) is 4.98 Å². The highest BCUT2D eigenvalue weighted by Crippen LogP contribution is 2.31. The summed E-state index contributed by atoms with van der Waals surface area (Å²) >= 11 is 0. The maximum atomic E-state index is 5.56. The molecule has 1 saturated carbocycles. The SMILES string of the molecule is C=C(C)CC1CCC(Nc2nc(N(C)C)c3ccccc3n2)CC1.CCCOc1ccc2ccccc2c1. The Balaban J connectivity index is 0.000000204. The Bertz CT molecular complexity index is 1340. The van der Waals surface area contributed by atoms with Crippen molar-refractivity contribution in [1.29, 1.82) is 0 Å². The molecule has 5 heteroatoms. The molecule has 0 unspecified atom stereocenters. The highest BCUT2D eigenvalue weighted by molar-refractivity contribution is 5.90. The molecule has 0 atom stereocenters. The third-order valence-electron chi connectivity index (χ3n) is 7.02. The lowest BCUT2D eigenvalue weighted by atomic mass is 9.83. The number of nitrogens with one attached hydrogen (secondary N) is 1. The average molecular weight is 511 g/mol. The molecule has 0 aliphatic heterocycles. The molecular weight excluding hydrogens is 468 g/mol. The molecule has 38 heavy (non-hydrogen) atoms. The molecule has 5 nitrogen and oxygen atoms in total. The number of fused-ring (bicyclic) bond motifs is 2. The average Bonchev–Trinajstić information content (AvgIpc) is 2.92. The van der Waals surface area contributed by atoms with Crippen LogP contribution < -0.4 is 15.0 Å². The van der Waals surface area contributed by atoms with Crippen LogP contribution in [0.2, 0.25) is 0 Å². The first kappa shape index (κ1) is 27.4. The molecule has 0 saturated heterocycles. The summed E-state index contributed by atoms with van der Waals surface area (Å²) < 4.78 is 5.56. The van der Waals surface area contributed by atoms with Crippen molar-refractivity contribution in [2.24, 2.45) is 5.92 Å². The van der Waals surface area contributed by atoms with Crippen LogP contribution in [-0.4, -0.2) is 36.7 Å². The van der Waals surface area contributed by atoms with E-state index in [0.29, 0.717) is 6.04 Å². The van der Waals surface area contributed by atoms with Crippen molar-refractivity contribution in [3.63, 3.8) is 0 Å². The standard InChI is InChI=1S/C20H28N4.C13H14O/c1-14(2)13-15-9-11-16(12-10-15)21-20-22-18-8-6-5-7-17(18)19(23-20)24(3)4;1-2-9-14-13-8-7-11-5-3-4-6-12(11)10-13/h5-8,15-16H,1,9-13H2,2-4H3,(H,21,22,23);3-8,10H,2,9H2,1H3. The van der Waals surface area contributed by atoms with Gasteiger partial charge in [-0.25, -0.2) is 4.98 Å². The van der Waals surface area contributed by atoms with Gasteiger partial charge < -0.3 is 15.0 Å². The molecule has 5 rings (SSSR count). The van der Waals surface area contributed by atoms with Crippen LogP contribution >= 0.6 is 0 Å². The zero-order valence-electron chi connectivity index (χ0n) is 23.4. The van der Waals surface area contributed by atoms with Gasteiger partial charge in [-0.3, -0.25) is 0 Å². The number of hydrogen-bond donors (Lipinski definition) is 1. The maximum Gasteiger partial charge on any atom is 0.225 e. The van der Waals surface area contributed by atoms with Crippen LogP contribution in [-0.2, 0) is 0 Å². The minimum atomic E-state index is 0.475. The lowest BCUT2D eigenvalue weighted by molar-refractivity contribution is 0.318. The van der Waals surface area contributed by atoms with Crippen molar-refractivity contribution in [2.45, 2.75) is 58.4 Å². The molecule has 1 N–H and O–H groups in total. The highest BCUT2D eigenvalue weighted by Gasteiger charge is 2.22. The first-order valence-electron chi connectivity index (χ1n) is 13.9. The molecule has 200 valence electrons. The van der Waals surface area contributed by atoms with Crippen molar-refractivity contribution in [1.82, 2.24) is 9.97 Å². The third kappa shape index (κ3) is 7.47. The van der Waals surface area contributed by atoms with Gasteiger partial charge >= 0.3 is 0 Å². The number of nitrogens with zero attached hydrogens (tertiary/aromatic N) is 3. The molecule has 1 aliphatic rings. The Morgan fingerprint density at radius 2 is 1.66 bits per heavy atom. The van der Waals surface area contributed by atoms with Gasteiger partial charge in [0.15, 0.2) is 0 Å². The fraction of sp³-hybridized carbons (Fsp3) is 0.394. The van der Waals surface area contributed by atoms with Crippen LogP contribution in [0.5, 0.6) is 5.75 Å². The molecule has 1 aromatic heterocycles. The minimum Gasteiger partial charge on any atom is -0.494 e. The Kier molecular flexibility index (Phi) is 9.58. The Hall–Kier alpha value is -3.60. The van der Waals surface area contributed by atoms with Crippen molar-refractivity contribution in [2.75, 3.05) is 30.9 Å². The summed E-state index contributed by atoms with van der Waals surface area (Å²) in [4.78, 5) is 11.5. The van der Waals surface area contributed by atoms with E-state index >= 15 is 0 Å². The second-order valence-electron chi connectivity index (χ2n) is 10.7. The fourth-order valence-corrected chi connectivity index (χ4v) is 5.13. The normalized spacial score (nSPS) is 16.9. The van der Waals surface area contributed by atoms with Gasteiger partial charge in [0.2, 0.25) is 5.95 Å². The fourth-order valence-electron chi connectivity index (χ4n) is 5.13. The number of benzene rings is 3.